The SMILES string of the molecule is COc1ccc(C(C)c2cn(C)c(=O)c3c2C=CC3)cc1. The molecular weight excluding hydrogens is 262 g/mol. The van der Waals surface area contributed by atoms with E-state index in [1.807, 2.05) is 25.4 Å². The zero-order chi connectivity index (χ0) is 15.0. The molecular formula is C18H19NO2. The average Bonchev–Trinajstić information content (AvgIpc) is 3.00. The summed E-state index contributed by atoms with van der Waals surface area (Å²) >= 11 is 0. The molecule has 1 aromatic carbocycles. The van der Waals surface area contributed by atoms with Gasteiger partial charge in [-0.3, -0.25) is 4.79 Å². The molecule has 1 aliphatic rings. The van der Waals surface area contributed by atoms with Crippen LogP contribution in [0.5, 0.6) is 5.75 Å². The number of aryl methyl sites for hydroxylation is 1. The fraction of sp³-hybridized carbons (Fsp3) is 0.278. The van der Waals surface area contributed by atoms with Crippen molar-refractivity contribution in [1.29, 1.82) is 0 Å². The zero-order valence-electron chi connectivity index (χ0n) is 12.6. The first-order chi connectivity index (χ1) is 10.1. The number of rotatable bonds is 3. The third kappa shape index (κ3) is 2.29. The molecule has 0 amide bonds. The number of nitrogens with zero attached hydrogens (tertiary/aromatic N) is 1. The van der Waals surface area contributed by atoms with Crippen molar-refractivity contribution in [3.63, 3.8) is 0 Å². The second kappa shape index (κ2) is 5.24. The molecule has 0 radical (unpaired) electrons. The first-order valence-corrected chi connectivity index (χ1v) is 7.14. The Morgan fingerprint density at radius 3 is 2.62 bits per heavy atom. The molecule has 1 aromatic heterocycles. The molecule has 0 aliphatic heterocycles. The molecule has 0 N–H and O–H groups in total. The van der Waals surface area contributed by atoms with E-state index in [0.717, 1.165) is 23.3 Å². The van der Waals surface area contributed by atoms with Crippen LogP contribution in [-0.2, 0) is 13.5 Å². The van der Waals surface area contributed by atoms with Crippen molar-refractivity contribution in [2.75, 3.05) is 7.11 Å². The predicted molar refractivity (Wildman–Crippen MR) is 84.9 cm³/mol. The molecule has 0 saturated carbocycles. The maximum Gasteiger partial charge on any atom is 0.254 e. The van der Waals surface area contributed by atoms with Gasteiger partial charge in [0.15, 0.2) is 0 Å². The third-order valence-electron chi connectivity index (χ3n) is 4.24. The van der Waals surface area contributed by atoms with Crippen LogP contribution in [-0.4, -0.2) is 11.7 Å². The smallest absolute Gasteiger partial charge is 0.254 e. The monoisotopic (exact) mass is 281 g/mol. The molecule has 108 valence electrons. The fourth-order valence-electron chi connectivity index (χ4n) is 2.95. The van der Waals surface area contributed by atoms with E-state index in [-0.39, 0.29) is 11.5 Å². The van der Waals surface area contributed by atoms with Crippen molar-refractivity contribution in [2.24, 2.45) is 7.05 Å². The Labute approximate surface area is 124 Å². The van der Waals surface area contributed by atoms with E-state index in [1.165, 1.54) is 11.1 Å². The molecule has 1 heterocycles. The molecule has 3 heteroatoms. The number of pyridine rings is 1. The van der Waals surface area contributed by atoms with E-state index < -0.39 is 0 Å². The van der Waals surface area contributed by atoms with Crippen LogP contribution in [0.15, 0.2) is 41.3 Å². The highest BCUT2D eigenvalue weighted by molar-refractivity contribution is 5.64. The fourth-order valence-corrected chi connectivity index (χ4v) is 2.95. The molecule has 1 aliphatic carbocycles. The molecule has 0 bridgehead atoms. The number of benzene rings is 1. The van der Waals surface area contributed by atoms with Crippen molar-refractivity contribution in [3.05, 3.63) is 69.1 Å². The lowest BCUT2D eigenvalue weighted by Crippen LogP contribution is -2.22. The summed E-state index contributed by atoms with van der Waals surface area (Å²) in [6, 6.07) is 8.12. The summed E-state index contributed by atoms with van der Waals surface area (Å²) in [6.45, 7) is 2.17. The minimum atomic E-state index is 0.112. The predicted octanol–water partition coefficient (Wildman–Crippen LogP) is 3.12. The quantitative estimate of drug-likeness (QED) is 0.865. The highest BCUT2D eigenvalue weighted by Crippen LogP contribution is 2.31. The third-order valence-corrected chi connectivity index (χ3v) is 4.24. The minimum Gasteiger partial charge on any atom is -0.497 e. The molecule has 1 atom stereocenters. The Morgan fingerprint density at radius 2 is 1.95 bits per heavy atom. The molecule has 0 spiro atoms. The van der Waals surface area contributed by atoms with Gasteiger partial charge in [-0.25, -0.2) is 0 Å². The molecule has 3 nitrogen and oxygen atoms in total. The number of hydrogen-bond acceptors (Lipinski definition) is 2. The van der Waals surface area contributed by atoms with Crippen LogP contribution in [0, 0.1) is 0 Å². The normalized spacial score (nSPS) is 14.0. The van der Waals surface area contributed by atoms with Crippen molar-refractivity contribution in [1.82, 2.24) is 4.57 Å². The lowest BCUT2D eigenvalue weighted by Gasteiger charge is -2.18. The molecule has 21 heavy (non-hydrogen) atoms. The number of methoxy groups -OCH3 is 1. The summed E-state index contributed by atoms with van der Waals surface area (Å²) in [5, 5.41) is 0. The summed E-state index contributed by atoms with van der Waals surface area (Å²) in [5.41, 5.74) is 4.54. The van der Waals surface area contributed by atoms with Gasteiger partial charge in [-0.1, -0.05) is 31.2 Å². The van der Waals surface area contributed by atoms with Gasteiger partial charge in [0.25, 0.3) is 5.56 Å². The number of hydrogen-bond donors (Lipinski definition) is 0. The Hall–Kier alpha value is -2.29. The van der Waals surface area contributed by atoms with Crippen LogP contribution in [0.25, 0.3) is 6.08 Å². The topological polar surface area (TPSA) is 31.2 Å². The largest absolute Gasteiger partial charge is 0.497 e. The summed E-state index contributed by atoms with van der Waals surface area (Å²) in [7, 11) is 3.49. The second-order valence-electron chi connectivity index (χ2n) is 5.49. The zero-order valence-corrected chi connectivity index (χ0v) is 12.6. The van der Waals surface area contributed by atoms with Crippen molar-refractivity contribution in [3.8, 4) is 5.75 Å². The van der Waals surface area contributed by atoms with Gasteiger partial charge in [-0.05, 0) is 35.2 Å². The molecule has 0 fully saturated rings. The standard InChI is InChI=1S/C18H19NO2/c1-12(13-7-9-14(21-3)10-8-13)17-11-19(2)18(20)16-6-4-5-15(16)17/h4-5,7-12H,6H2,1-3H3. The van der Waals surface area contributed by atoms with E-state index in [2.05, 4.69) is 31.2 Å². The van der Waals surface area contributed by atoms with Crippen LogP contribution < -0.4 is 10.3 Å². The van der Waals surface area contributed by atoms with E-state index in [4.69, 9.17) is 4.74 Å². The first kappa shape index (κ1) is 13.7. The van der Waals surface area contributed by atoms with E-state index in [1.54, 1.807) is 11.7 Å². The van der Waals surface area contributed by atoms with E-state index in [9.17, 15) is 4.79 Å². The highest BCUT2D eigenvalue weighted by Gasteiger charge is 2.20. The van der Waals surface area contributed by atoms with Gasteiger partial charge in [-0.15, -0.1) is 0 Å². The Morgan fingerprint density at radius 1 is 1.24 bits per heavy atom. The lowest BCUT2D eigenvalue weighted by molar-refractivity contribution is 0.414. The summed E-state index contributed by atoms with van der Waals surface area (Å²) in [6.07, 6.45) is 6.85. The molecule has 3 rings (SSSR count). The summed E-state index contributed by atoms with van der Waals surface area (Å²) in [4.78, 5) is 12.2. The summed E-state index contributed by atoms with van der Waals surface area (Å²) in [5.74, 6) is 1.09. The average molecular weight is 281 g/mol. The molecule has 0 saturated heterocycles. The van der Waals surface area contributed by atoms with Crippen molar-refractivity contribution < 1.29 is 4.74 Å². The Kier molecular flexibility index (Phi) is 3.42. The van der Waals surface area contributed by atoms with Gasteiger partial charge in [0.05, 0.1) is 7.11 Å². The van der Waals surface area contributed by atoms with E-state index >= 15 is 0 Å². The maximum atomic E-state index is 12.2. The van der Waals surface area contributed by atoms with Crippen LogP contribution >= 0.6 is 0 Å². The Bertz CT molecular complexity index is 754. The molecule has 1 unspecified atom stereocenters. The van der Waals surface area contributed by atoms with Gasteiger partial charge in [0.2, 0.25) is 0 Å². The van der Waals surface area contributed by atoms with Gasteiger partial charge in [-0.2, -0.15) is 0 Å². The van der Waals surface area contributed by atoms with Crippen molar-refractivity contribution >= 4 is 6.08 Å². The van der Waals surface area contributed by atoms with Crippen LogP contribution in [0.3, 0.4) is 0 Å². The van der Waals surface area contributed by atoms with Crippen molar-refractivity contribution in [2.45, 2.75) is 19.3 Å². The maximum absolute atomic E-state index is 12.2. The van der Waals surface area contributed by atoms with Gasteiger partial charge in [0.1, 0.15) is 5.75 Å². The lowest BCUT2D eigenvalue weighted by atomic mass is 9.90. The highest BCUT2D eigenvalue weighted by atomic mass is 16.5. The summed E-state index contributed by atoms with van der Waals surface area (Å²) < 4.78 is 6.90. The van der Waals surface area contributed by atoms with Gasteiger partial charge >= 0.3 is 0 Å². The van der Waals surface area contributed by atoms with Gasteiger partial charge in [0, 0.05) is 24.7 Å². The number of ether oxygens (including phenoxy) is 1. The van der Waals surface area contributed by atoms with Crippen LogP contribution in [0.4, 0.5) is 0 Å². The van der Waals surface area contributed by atoms with Crippen LogP contribution in [0.2, 0.25) is 0 Å². The Balaban J connectivity index is 2.07. The van der Waals surface area contributed by atoms with E-state index in [0.29, 0.717) is 0 Å². The molecule has 2 aromatic rings. The minimum absolute atomic E-state index is 0.112. The second-order valence-corrected chi connectivity index (χ2v) is 5.49. The van der Waals surface area contributed by atoms with Crippen LogP contribution in [0.1, 0.15) is 35.1 Å². The number of allylic oxidation sites excluding steroid dienone is 1. The number of fused-ring (bicyclic) bond motifs is 1. The van der Waals surface area contributed by atoms with Gasteiger partial charge < -0.3 is 9.30 Å². The number of aromatic nitrogens is 1. The first-order valence-electron chi connectivity index (χ1n) is 7.14.